The van der Waals surface area contributed by atoms with Gasteiger partial charge in [0.1, 0.15) is 0 Å². The number of nitrogens with zero attached hydrogens (tertiary/aromatic N) is 1. The Labute approximate surface area is 78.0 Å². The lowest BCUT2D eigenvalue weighted by molar-refractivity contribution is 0.513. The van der Waals surface area contributed by atoms with Crippen molar-refractivity contribution in [1.82, 2.24) is 10.3 Å². The highest BCUT2D eigenvalue weighted by Gasteiger charge is 2.06. The van der Waals surface area contributed by atoms with Gasteiger partial charge in [0.2, 0.25) is 0 Å². The number of rotatable bonds is 5. The van der Waals surface area contributed by atoms with Gasteiger partial charge in [0, 0.05) is 24.0 Å². The third-order valence-electron chi connectivity index (χ3n) is 1.95. The van der Waals surface area contributed by atoms with Gasteiger partial charge in [-0.3, -0.25) is 0 Å². The van der Waals surface area contributed by atoms with Crippen molar-refractivity contribution in [3.8, 4) is 0 Å². The van der Waals surface area contributed by atoms with Gasteiger partial charge in [0.05, 0.1) is 5.01 Å². The zero-order chi connectivity index (χ0) is 8.81. The molecule has 3 heteroatoms. The van der Waals surface area contributed by atoms with Crippen LogP contribution in [0.3, 0.4) is 0 Å². The van der Waals surface area contributed by atoms with Crippen LogP contribution in [0, 0.1) is 0 Å². The molecule has 1 rings (SSSR count). The number of hydrogen-bond donors (Lipinski definition) is 1. The van der Waals surface area contributed by atoms with E-state index in [0.717, 1.165) is 6.42 Å². The van der Waals surface area contributed by atoms with Crippen molar-refractivity contribution >= 4 is 11.3 Å². The molecule has 0 amide bonds. The molecule has 0 aliphatic carbocycles. The first-order chi connectivity index (χ1) is 5.86. The van der Waals surface area contributed by atoms with Gasteiger partial charge in [0.25, 0.3) is 0 Å². The lowest BCUT2D eigenvalue weighted by Gasteiger charge is -2.12. The van der Waals surface area contributed by atoms with E-state index in [1.165, 1.54) is 17.8 Å². The fraction of sp³-hybridized carbons (Fsp3) is 0.667. The molecule has 1 unspecified atom stereocenters. The monoisotopic (exact) mass is 184 g/mol. The topological polar surface area (TPSA) is 24.9 Å². The minimum atomic E-state index is 0.598. The second kappa shape index (κ2) is 5.27. The molecule has 0 spiro atoms. The summed E-state index contributed by atoms with van der Waals surface area (Å²) >= 11 is 1.74. The van der Waals surface area contributed by atoms with Crippen molar-refractivity contribution in [3.63, 3.8) is 0 Å². The molecule has 0 radical (unpaired) electrons. The van der Waals surface area contributed by atoms with Gasteiger partial charge in [-0.25, -0.2) is 4.98 Å². The van der Waals surface area contributed by atoms with Crippen LogP contribution in [-0.2, 0) is 6.42 Å². The van der Waals surface area contributed by atoms with Gasteiger partial charge in [-0.05, 0) is 13.5 Å². The summed E-state index contributed by atoms with van der Waals surface area (Å²) in [6, 6.07) is 0.598. The van der Waals surface area contributed by atoms with Crippen molar-refractivity contribution in [2.24, 2.45) is 0 Å². The van der Waals surface area contributed by atoms with E-state index in [-0.39, 0.29) is 0 Å². The molecular formula is C9H16N2S. The van der Waals surface area contributed by atoms with E-state index < -0.39 is 0 Å². The maximum atomic E-state index is 4.26. The molecule has 12 heavy (non-hydrogen) atoms. The molecule has 2 nitrogen and oxygen atoms in total. The van der Waals surface area contributed by atoms with E-state index in [4.69, 9.17) is 0 Å². The van der Waals surface area contributed by atoms with Crippen LogP contribution in [-0.4, -0.2) is 18.1 Å². The van der Waals surface area contributed by atoms with Gasteiger partial charge in [-0.2, -0.15) is 0 Å². The summed E-state index contributed by atoms with van der Waals surface area (Å²) in [4.78, 5) is 4.26. The Kier molecular flexibility index (Phi) is 4.25. The van der Waals surface area contributed by atoms with Crippen LogP contribution in [0.5, 0.6) is 0 Å². The minimum absolute atomic E-state index is 0.598. The van der Waals surface area contributed by atoms with Crippen LogP contribution in [0.2, 0.25) is 0 Å². The van der Waals surface area contributed by atoms with E-state index in [1.807, 2.05) is 18.6 Å². The molecular weight excluding hydrogens is 168 g/mol. The number of hydrogen-bond acceptors (Lipinski definition) is 3. The molecule has 1 heterocycles. The molecule has 0 aromatic carbocycles. The number of likely N-dealkylation sites (N-methyl/N-ethyl adjacent to an activating group) is 1. The molecule has 1 aromatic heterocycles. The van der Waals surface area contributed by atoms with E-state index in [9.17, 15) is 0 Å². The summed E-state index contributed by atoms with van der Waals surface area (Å²) in [6.07, 6.45) is 5.41. The van der Waals surface area contributed by atoms with Crippen LogP contribution in [0.1, 0.15) is 24.8 Å². The Morgan fingerprint density at radius 1 is 1.67 bits per heavy atom. The van der Waals surface area contributed by atoms with Crippen LogP contribution in [0.15, 0.2) is 11.6 Å². The second-order valence-electron chi connectivity index (χ2n) is 2.90. The molecule has 0 saturated heterocycles. The molecule has 1 atom stereocenters. The summed E-state index contributed by atoms with van der Waals surface area (Å²) in [5.74, 6) is 0. The average molecular weight is 184 g/mol. The molecule has 0 fully saturated rings. The van der Waals surface area contributed by atoms with E-state index in [2.05, 4.69) is 17.2 Å². The Morgan fingerprint density at radius 2 is 2.50 bits per heavy atom. The lowest BCUT2D eigenvalue weighted by atomic mass is 10.1. The fourth-order valence-corrected chi connectivity index (χ4v) is 1.96. The van der Waals surface area contributed by atoms with E-state index in [0.29, 0.717) is 6.04 Å². The lowest BCUT2D eigenvalue weighted by Crippen LogP contribution is -2.27. The molecule has 0 bridgehead atoms. The molecule has 1 N–H and O–H groups in total. The van der Waals surface area contributed by atoms with Crippen molar-refractivity contribution < 1.29 is 0 Å². The number of nitrogens with one attached hydrogen (secondary N) is 1. The first-order valence-electron chi connectivity index (χ1n) is 4.42. The van der Waals surface area contributed by atoms with Crippen molar-refractivity contribution in [3.05, 3.63) is 16.6 Å². The predicted molar refractivity (Wildman–Crippen MR) is 53.6 cm³/mol. The highest BCUT2D eigenvalue weighted by atomic mass is 32.1. The number of aromatic nitrogens is 1. The number of thiazole rings is 1. The third kappa shape index (κ3) is 2.91. The fourth-order valence-electron chi connectivity index (χ4n) is 1.26. The smallest absolute Gasteiger partial charge is 0.0940 e. The average Bonchev–Trinajstić information content (AvgIpc) is 2.56. The van der Waals surface area contributed by atoms with Gasteiger partial charge < -0.3 is 5.32 Å². The highest BCUT2D eigenvalue weighted by Crippen LogP contribution is 2.09. The van der Waals surface area contributed by atoms with E-state index in [1.54, 1.807) is 11.3 Å². The Morgan fingerprint density at radius 3 is 3.00 bits per heavy atom. The Bertz CT molecular complexity index is 196. The predicted octanol–water partition coefficient (Wildman–Crippen LogP) is 2.07. The van der Waals surface area contributed by atoms with Crippen LogP contribution >= 0.6 is 11.3 Å². The molecule has 68 valence electrons. The summed E-state index contributed by atoms with van der Waals surface area (Å²) in [5.41, 5.74) is 0. The maximum Gasteiger partial charge on any atom is 0.0940 e. The molecule has 1 aromatic rings. The zero-order valence-electron chi connectivity index (χ0n) is 7.71. The zero-order valence-corrected chi connectivity index (χ0v) is 8.53. The van der Waals surface area contributed by atoms with Crippen LogP contribution in [0.25, 0.3) is 0 Å². The van der Waals surface area contributed by atoms with Gasteiger partial charge in [-0.1, -0.05) is 13.3 Å². The van der Waals surface area contributed by atoms with Crippen molar-refractivity contribution in [1.29, 1.82) is 0 Å². The Hall–Kier alpha value is -0.410. The minimum Gasteiger partial charge on any atom is -0.317 e. The molecule has 0 saturated carbocycles. The standard InChI is InChI=1S/C9H16N2S/c1-3-4-8(10-2)7-9-11-5-6-12-9/h5-6,8,10H,3-4,7H2,1-2H3. The Balaban J connectivity index is 2.37. The second-order valence-corrected chi connectivity index (χ2v) is 3.88. The van der Waals surface area contributed by atoms with Gasteiger partial charge in [-0.15, -0.1) is 11.3 Å². The highest BCUT2D eigenvalue weighted by molar-refractivity contribution is 7.09. The van der Waals surface area contributed by atoms with E-state index >= 15 is 0 Å². The largest absolute Gasteiger partial charge is 0.317 e. The first-order valence-corrected chi connectivity index (χ1v) is 5.30. The quantitative estimate of drug-likeness (QED) is 0.758. The van der Waals surface area contributed by atoms with Gasteiger partial charge in [0.15, 0.2) is 0 Å². The van der Waals surface area contributed by atoms with Crippen molar-refractivity contribution in [2.75, 3.05) is 7.05 Å². The maximum absolute atomic E-state index is 4.26. The normalized spacial score (nSPS) is 13.2. The molecule has 0 aliphatic heterocycles. The van der Waals surface area contributed by atoms with Gasteiger partial charge >= 0.3 is 0 Å². The SMILES string of the molecule is CCCC(Cc1nccs1)NC. The summed E-state index contributed by atoms with van der Waals surface area (Å²) in [5, 5.41) is 6.58. The van der Waals surface area contributed by atoms with Crippen molar-refractivity contribution in [2.45, 2.75) is 32.2 Å². The summed E-state index contributed by atoms with van der Waals surface area (Å²) < 4.78 is 0. The first kappa shape index (κ1) is 9.68. The molecule has 0 aliphatic rings. The summed E-state index contributed by atoms with van der Waals surface area (Å²) in [6.45, 7) is 2.21. The summed E-state index contributed by atoms with van der Waals surface area (Å²) in [7, 11) is 2.02. The van der Waals surface area contributed by atoms with Crippen LogP contribution < -0.4 is 5.32 Å². The van der Waals surface area contributed by atoms with Crippen LogP contribution in [0.4, 0.5) is 0 Å². The third-order valence-corrected chi connectivity index (χ3v) is 2.75.